The van der Waals surface area contributed by atoms with E-state index in [-0.39, 0.29) is 129 Å². The van der Waals surface area contributed by atoms with Gasteiger partial charge in [0.25, 0.3) is 37.3 Å². The number of rotatable bonds is 46. The molecule has 40 nitrogen and oxygen atoms in total. The van der Waals surface area contributed by atoms with Crippen LogP contribution < -0.4 is 19.1 Å². The van der Waals surface area contributed by atoms with Crippen LogP contribution in [0.25, 0.3) is 22.1 Å². The molecule has 0 aliphatic heterocycles. The molecule has 6 rings (SSSR count). The zero-order valence-corrected chi connectivity index (χ0v) is 61.5. The lowest BCUT2D eigenvalue weighted by atomic mass is 9.93. The number of hydrogen-bond acceptors (Lipinski definition) is 36. The van der Waals surface area contributed by atoms with Crippen molar-refractivity contribution >= 4 is 99.6 Å². The van der Waals surface area contributed by atoms with E-state index < -0.39 is 34.5 Å². The van der Waals surface area contributed by atoms with E-state index in [4.69, 9.17) is 91.7 Å². The summed E-state index contributed by atoms with van der Waals surface area (Å²) in [7, 11) is 10.2. The van der Waals surface area contributed by atoms with Crippen molar-refractivity contribution in [3.8, 4) is 11.5 Å². The van der Waals surface area contributed by atoms with E-state index in [1.807, 2.05) is 55.4 Å². The molecule has 2 aromatic heterocycles. The summed E-state index contributed by atoms with van der Waals surface area (Å²) in [5.41, 5.74) is 1.98. The van der Waals surface area contributed by atoms with Gasteiger partial charge >= 0.3 is 24.6 Å². The second-order valence-electron chi connectivity index (χ2n) is 19.4. The van der Waals surface area contributed by atoms with Crippen molar-refractivity contribution in [1.29, 1.82) is 0 Å². The molecule has 0 aliphatic rings. The van der Waals surface area contributed by atoms with Gasteiger partial charge in [0, 0.05) is 24.3 Å². The molecule has 4 aromatic carbocycles. The van der Waals surface area contributed by atoms with Crippen molar-refractivity contribution in [2.24, 2.45) is 0 Å². The highest BCUT2D eigenvalue weighted by atomic mass is 16.8. The van der Waals surface area contributed by atoms with Gasteiger partial charge in [-0.2, -0.15) is 0 Å². The van der Waals surface area contributed by atoms with Crippen LogP contribution in [0.5, 0.6) is 11.5 Å². The molecule has 0 saturated heterocycles. The van der Waals surface area contributed by atoms with Crippen LogP contribution in [-0.2, 0) is 95.0 Å². The first-order chi connectivity index (χ1) is 52.3. The molecule has 0 aliphatic carbocycles. The number of non-ortho nitro benzene ring substituents is 2. The monoisotopic (exact) mass is 1530 g/mol. The van der Waals surface area contributed by atoms with E-state index in [0.29, 0.717) is 112 Å². The average Bonchev–Trinajstić information content (AvgIpc) is 1.71. The van der Waals surface area contributed by atoms with Gasteiger partial charge in [0.1, 0.15) is 86.4 Å². The lowest BCUT2D eigenvalue weighted by molar-refractivity contribution is -0.385. The quantitative estimate of drug-likeness (QED) is 0.00424. The maximum Gasteiger partial charge on any atom is 0.535 e. The van der Waals surface area contributed by atoms with Crippen LogP contribution in [0.3, 0.4) is 0 Å². The highest BCUT2D eigenvalue weighted by Gasteiger charge is 2.15. The third-order valence-corrected chi connectivity index (χ3v) is 10.4. The van der Waals surface area contributed by atoms with Crippen LogP contribution in [0.1, 0.15) is 55.4 Å². The van der Waals surface area contributed by atoms with E-state index in [1.54, 1.807) is 48.5 Å². The minimum Gasteiger partial charge on any atom is -0.465 e. The Balaban J connectivity index is 0. The van der Waals surface area contributed by atoms with E-state index >= 15 is 0 Å². The molecule has 596 valence electrons. The molecule has 108 heavy (non-hydrogen) atoms. The summed E-state index contributed by atoms with van der Waals surface area (Å²) in [5.74, 6) is 0.868. The first kappa shape index (κ1) is 99.3. The number of nitro groups is 2. The zero-order valence-electron chi connectivity index (χ0n) is 61.5. The van der Waals surface area contributed by atoms with E-state index in [2.05, 4.69) is 39.6 Å². The van der Waals surface area contributed by atoms with Crippen molar-refractivity contribution in [1.82, 2.24) is 30.3 Å². The average molecular weight is 1530 g/mol. The fourth-order valence-corrected chi connectivity index (χ4v) is 6.19. The number of nitrogens with zero attached hydrogens (tertiary/aromatic N) is 8. The van der Waals surface area contributed by atoms with E-state index in [0.717, 1.165) is 9.69 Å². The maximum absolute atomic E-state index is 11.7. The Hall–Kier alpha value is -10.8. The number of benzene rings is 4. The summed E-state index contributed by atoms with van der Waals surface area (Å²) in [6.45, 7) is 22.5. The fraction of sp³-hybridized carbons (Fsp3) is 0.515. The zero-order chi connectivity index (χ0) is 80.5. The van der Waals surface area contributed by atoms with Gasteiger partial charge in [0.2, 0.25) is 0 Å². The van der Waals surface area contributed by atoms with Gasteiger partial charge < -0.3 is 85.3 Å². The number of nitro benzene ring substituents is 2. The third kappa shape index (κ3) is 57.6. The molecule has 0 saturated carbocycles. The normalized spacial score (nSPS) is 9.87. The van der Waals surface area contributed by atoms with Crippen molar-refractivity contribution < 1.29 is 143 Å². The predicted molar refractivity (Wildman–Crippen MR) is 380 cm³/mol. The summed E-state index contributed by atoms with van der Waals surface area (Å²) >= 11 is 0. The molecule has 0 N–H and O–H groups in total. The van der Waals surface area contributed by atoms with E-state index in [9.17, 15) is 58.6 Å². The highest BCUT2D eigenvalue weighted by Crippen LogP contribution is 2.19. The Kier molecular flexibility index (Phi) is 64.9. The highest BCUT2D eigenvalue weighted by molar-refractivity contribution is 6.11. The largest absolute Gasteiger partial charge is 0.535 e. The number of hydrogen-bond donors (Lipinski definition) is 0. The molecule has 0 spiro atoms. The number of ether oxygens (including phenoxy) is 18. The molecule has 4 radical (unpaired) electrons. The van der Waals surface area contributed by atoms with Crippen molar-refractivity contribution in [3.05, 3.63) is 117 Å². The first-order valence-electron chi connectivity index (χ1n) is 33.2. The second-order valence-corrected chi connectivity index (χ2v) is 19.4. The number of aromatic nitrogens is 6. The molecular weight excluding hydrogens is 1440 g/mol. The van der Waals surface area contributed by atoms with Crippen molar-refractivity contribution in [3.63, 3.8) is 0 Å². The number of fused-ring (bicyclic) bond motifs is 2. The van der Waals surface area contributed by atoms with Gasteiger partial charge in [-0.3, -0.25) is 49.1 Å². The summed E-state index contributed by atoms with van der Waals surface area (Å²) < 4.78 is 87.7. The van der Waals surface area contributed by atoms with Gasteiger partial charge in [-0.15, -0.1) is 10.2 Å². The minimum atomic E-state index is -0.980. The smallest absolute Gasteiger partial charge is 0.465 e. The minimum absolute atomic E-state index is 0.0165. The molecule has 0 fully saturated rings. The number of carbonyl (C=O) groups is 8. The topological polar surface area (TPSA) is 469 Å². The van der Waals surface area contributed by atoms with Crippen LogP contribution in [0.4, 0.5) is 30.6 Å². The van der Waals surface area contributed by atoms with Crippen LogP contribution in [0.15, 0.2) is 97.1 Å². The Morgan fingerprint density at radius 1 is 0.370 bits per heavy atom. The van der Waals surface area contributed by atoms with Gasteiger partial charge in [0.05, 0.1) is 131 Å². The van der Waals surface area contributed by atoms with Crippen LogP contribution >= 0.6 is 0 Å². The Morgan fingerprint density at radius 2 is 0.593 bits per heavy atom. The molecule has 2 heterocycles. The lowest BCUT2D eigenvalue weighted by Gasteiger charge is -2.08. The standard InChI is InChI=1S/C20H20N6O8.C20H20N2O12.2C8H14O6.2C3H7B.2C2H6/c27-19(33-25-17-7-3-1-5-15(17)21-23-25)31-13-11-29-9-10-30-12-14-32-20(28)34-26-18-8-4-2-6-16(18)22-24-26;23-19(33-17-5-1-15(2-6-17)21(25)26)31-13-11-29-9-10-30-12-14-32-20(24)34-18-7-3-16(4-8-18)22(27)28;2*9-7-13-5-3-11-1-2-12-4-6-14-8-10;2*1-3(2)4;2*1-2/h2*1-8H,9-14H2;2*7-8H,1-6H2;2*3H,1-2H3;2*1-2H3. The molecule has 0 amide bonds. The molecule has 0 bridgehead atoms. The second kappa shape index (κ2) is 70.6. The first-order valence-corrected chi connectivity index (χ1v) is 33.2. The van der Waals surface area contributed by atoms with Gasteiger partial charge in [-0.25, -0.2) is 19.2 Å². The molecule has 0 atom stereocenters. The summed E-state index contributed by atoms with van der Waals surface area (Å²) in [6.07, 6.45) is -3.82. The van der Waals surface area contributed by atoms with Crippen LogP contribution in [0, 0.1) is 20.2 Å². The SMILES string of the molecule is CC.CC.O=C(OCCOCCOCCOC(=O)Oc1ccc([N+](=O)[O-])cc1)Oc1ccc([N+](=O)[O-])cc1.O=C(OCCOCCOCCOC(=O)On1nnc2ccccc21)On1nnc2ccccc21.O=COCCOCCOCCOC=O.O=COCCOCCOCCOC=O.[B]C(C)C.[B]C(C)C. The summed E-state index contributed by atoms with van der Waals surface area (Å²) in [5, 5.41) is 36.3. The van der Waals surface area contributed by atoms with Gasteiger partial charge in [-0.05, 0) is 59.0 Å². The molecule has 0 unspecified atom stereocenters. The fourth-order valence-electron chi connectivity index (χ4n) is 6.19. The summed E-state index contributed by atoms with van der Waals surface area (Å²) in [6, 6.07) is 23.9. The van der Waals surface area contributed by atoms with Crippen molar-refractivity contribution in [2.45, 2.75) is 67.0 Å². The molecular formula is C66H94B2N8O32. The number of para-hydroxylation sites is 2. The Labute approximate surface area is 625 Å². The Bertz CT molecular complexity index is 3030. The Morgan fingerprint density at radius 3 is 0.833 bits per heavy atom. The van der Waals surface area contributed by atoms with E-state index in [1.165, 1.54) is 48.5 Å². The van der Waals surface area contributed by atoms with Gasteiger partial charge in [0.15, 0.2) is 0 Å². The lowest BCUT2D eigenvalue weighted by Crippen LogP contribution is -2.24. The van der Waals surface area contributed by atoms with Crippen LogP contribution in [0.2, 0.25) is 11.6 Å². The summed E-state index contributed by atoms with van der Waals surface area (Å²) in [4.78, 5) is 117. The third-order valence-electron chi connectivity index (χ3n) is 10.4. The molecule has 6 aromatic rings. The van der Waals surface area contributed by atoms with Crippen LogP contribution in [-0.4, -0.2) is 265 Å². The van der Waals surface area contributed by atoms with Gasteiger partial charge in [-0.1, -0.05) is 101 Å². The molecule has 42 heteroatoms. The van der Waals surface area contributed by atoms with Crippen molar-refractivity contribution in [2.75, 3.05) is 159 Å². The number of carbonyl (C=O) groups excluding carboxylic acids is 8. The maximum atomic E-state index is 11.7. The predicted octanol–water partition coefficient (Wildman–Crippen LogP) is 7.06.